The molecule has 1 aromatic heterocycles. The van der Waals surface area contributed by atoms with Crippen LogP contribution in [0, 0.1) is 6.92 Å². The molecule has 0 atom stereocenters. The average Bonchev–Trinajstić information content (AvgIpc) is 2.84. The van der Waals surface area contributed by atoms with Crippen molar-refractivity contribution in [2.45, 2.75) is 13.8 Å². The second-order valence-corrected chi connectivity index (χ2v) is 10.2. The lowest BCUT2D eigenvalue weighted by Crippen LogP contribution is -2.37. The van der Waals surface area contributed by atoms with Crippen LogP contribution in [-0.4, -0.2) is 37.9 Å². The van der Waals surface area contributed by atoms with Gasteiger partial charge in [0, 0.05) is 41.3 Å². The van der Waals surface area contributed by atoms with Gasteiger partial charge in [-0.05, 0) is 37.6 Å². The molecule has 3 aromatic rings. The number of hydrogen-bond donors (Lipinski definition) is 1. The van der Waals surface area contributed by atoms with E-state index in [9.17, 15) is 8.42 Å². The quantitative estimate of drug-likeness (QED) is 0.217. The van der Waals surface area contributed by atoms with E-state index in [-0.39, 0.29) is 6.67 Å². The Balaban J connectivity index is 1.72. The molecule has 178 valence electrons. The van der Waals surface area contributed by atoms with Gasteiger partial charge in [-0.2, -0.15) is 4.72 Å². The third-order valence-corrected chi connectivity index (χ3v) is 6.47. The Bertz CT molecular complexity index is 1680. The Morgan fingerprint density at radius 3 is 2.60 bits per heavy atom. The summed E-state index contributed by atoms with van der Waals surface area (Å²) in [4.78, 5) is 15.9. The van der Waals surface area contributed by atoms with Gasteiger partial charge in [0.05, 0.1) is 30.2 Å². The molecule has 0 amide bonds. The highest BCUT2D eigenvalue weighted by atomic mass is 32.2. The van der Waals surface area contributed by atoms with Crippen LogP contribution >= 0.6 is 0 Å². The molecule has 0 saturated carbocycles. The number of nitrogens with one attached hydrogen (secondary N) is 1. The van der Waals surface area contributed by atoms with Gasteiger partial charge in [0.1, 0.15) is 11.2 Å². The smallest absolute Gasteiger partial charge is 0.210 e. The Hall–Kier alpha value is -3.82. The minimum Gasteiger partial charge on any atom is -0.453 e. The van der Waals surface area contributed by atoms with Crippen LogP contribution in [0.4, 0.5) is 11.4 Å². The minimum absolute atomic E-state index is 0.167. The maximum Gasteiger partial charge on any atom is 0.210 e. The fraction of sp³-hybridized carbons (Fsp3) is 0.192. The van der Waals surface area contributed by atoms with E-state index >= 15 is 0 Å². The Labute approximate surface area is 203 Å². The Morgan fingerprint density at radius 2 is 1.89 bits per heavy atom. The predicted molar refractivity (Wildman–Crippen MR) is 138 cm³/mol. The fourth-order valence-corrected chi connectivity index (χ4v) is 4.49. The average molecular weight is 488 g/mol. The molecule has 0 saturated heterocycles. The topological polar surface area (TPSA) is 101 Å². The summed E-state index contributed by atoms with van der Waals surface area (Å²) in [5.74, 6) is 0.618. The number of hydrogen-bond acceptors (Lipinski definition) is 7. The van der Waals surface area contributed by atoms with E-state index in [1.807, 2.05) is 73.3 Å². The second kappa shape index (κ2) is 9.09. The first-order valence-corrected chi connectivity index (χ1v) is 13.1. The van der Waals surface area contributed by atoms with E-state index in [0.717, 1.165) is 50.5 Å². The van der Waals surface area contributed by atoms with E-state index in [1.165, 1.54) is 0 Å². The van der Waals surface area contributed by atoms with Crippen molar-refractivity contribution in [3.63, 3.8) is 0 Å². The first-order chi connectivity index (χ1) is 16.8. The number of pyridine rings is 1. The number of rotatable bonds is 6. The van der Waals surface area contributed by atoms with Crippen LogP contribution in [0.1, 0.15) is 12.5 Å². The van der Waals surface area contributed by atoms with Gasteiger partial charge >= 0.3 is 0 Å². The van der Waals surface area contributed by atoms with Crippen molar-refractivity contribution in [1.82, 2.24) is 14.7 Å². The van der Waals surface area contributed by atoms with Gasteiger partial charge in [-0.25, -0.2) is 18.4 Å². The monoisotopic (exact) mass is 487 g/mol. The normalized spacial score (nSPS) is 12.6. The summed E-state index contributed by atoms with van der Waals surface area (Å²) in [6.07, 6.45) is 4.58. The molecule has 1 N–H and O–H groups in total. The molecule has 0 radical (unpaired) electrons. The molecular weight excluding hydrogens is 462 g/mol. The molecule has 8 nitrogen and oxygen atoms in total. The zero-order chi connectivity index (χ0) is 24.6. The van der Waals surface area contributed by atoms with E-state index in [4.69, 9.17) is 14.4 Å². The van der Waals surface area contributed by atoms with Crippen molar-refractivity contribution in [2.75, 3.05) is 24.4 Å². The van der Waals surface area contributed by atoms with Gasteiger partial charge in [-0.1, -0.05) is 24.3 Å². The van der Waals surface area contributed by atoms with E-state index < -0.39 is 10.0 Å². The van der Waals surface area contributed by atoms with Gasteiger partial charge in [0.2, 0.25) is 10.0 Å². The minimum atomic E-state index is -3.31. The number of benzene rings is 3. The fourth-order valence-electron chi connectivity index (χ4n) is 4.10. The molecule has 2 aromatic carbocycles. The van der Waals surface area contributed by atoms with Crippen molar-refractivity contribution in [2.24, 2.45) is 4.99 Å². The third-order valence-electron chi connectivity index (χ3n) is 5.81. The predicted octanol–water partition coefficient (Wildman–Crippen LogP) is 4.35. The lowest BCUT2D eigenvalue weighted by molar-refractivity contribution is 0.585. The van der Waals surface area contributed by atoms with Crippen LogP contribution in [0.2, 0.25) is 0 Å². The highest BCUT2D eigenvalue weighted by molar-refractivity contribution is 7.88. The van der Waals surface area contributed by atoms with Gasteiger partial charge in [0.25, 0.3) is 0 Å². The molecule has 0 fully saturated rings. The first kappa shape index (κ1) is 22.9. The molecule has 1 aliphatic carbocycles. The highest BCUT2D eigenvalue weighted by Gasteiger charge is 2.18. The first-order valence-electron chi connectivity index (χ1n) is 11.2. The van der Waals surface area contributed by atoms with Crippen LogP contribution in [0.15, 0.2) is 76.4 Å². The Kier molecular flexibility index (Phi) is 5.96. The van der Waals surface area contributed by atoms with Crippen LogP contribution in [0.25, 0.3) is 33.3 Å². The van der Waals surface area contributed by atoms with Gasteiger partial charge in [-0.15, -0.1) is 0 Å². The molecule has 2 aliphatic rings. The van der Waals surface area contributed by atoms with E-state index in [0.29, 0.717) is 17.9 Å². The maximum absolute atomic E-state index is 11.6. The number of sulfonamides is 1. The summed E-state index contributed by atoms with van der Waals surface area (Å²) in [5, 5.41) is 2.70. The number of anilines is 1. The number of fused-ring (bicyclic) bond motifs is 4. The molecule has 5 rings (SSSR count). The summed E-state index contributed by atoms with van der Waals surface area (Å²) in [5.41, 5.74) is 4.68. The number of nitrogens with zero attached hydrogens (tertiary/aromatic N) is 4. The van der Waals surface area contributed by atoms with Crippen LogP contribution in [-0.2, 0) is 10.0 Å². The summed E-state index contributed by atoms with van der Waals surface area (Å²) in [6.45, 7) is 4.73. The molecule has 0 spiro atoms. The zero-order valence-corrected chi connectivity index (χ0v) is 20.5. The van der Waals surface area contributed by atoms with Gasteiger partial charge in [0.15, 0.2) is 11.3 Å². The van der Waals surface area contributed by atoms with Crippen LogP contribution in [0.5, 0.6) is 0 Å². The van der Waals surface area contributed by atoms with Gasteiger partial charge < -0.3 is 9.32 Å². The lowest BCUT2D eigenvalue weighted by atomic mass is 10.0. The summed E-state index contributed by atoms with van der Waals surface area (Å²) < 4.78 is 32.1. The molecule has 9 heteroatoms. The van der Waals surface area contributed by atoms with Crippen molar-refractivity contribution in [3.8, 4) is 11.5 Å². The number of aryl methyl sites for hydroxylation is 1. The molecule has 35 heavy (non-hydrogen) atoms. The largest absolute Gasteiger partial charge is 0.453 e. The molecular formula is C26H25N5O3S. The zero-order valence-electron chi connectivity index (χ0n) is 19.7. The summed E-state index contributed by atoms with van der Waals surface area (Å²) >= 11 is 0. The van der Waals surface area contributed by atoms with E-state index in [2.05, 4.69) is 9.71 Å². The SMILES string of the molecule is CCN(CNS(C)(=O)=O)c1cc(C)c2nc3c4ccccc4c(=Nc4cccnc4)cc-3oc2c1. The summed E-state index contributed by atoms with van der Waals surface area (Å²) in [6, 6.07) is 17.6. The molecule has 1 aliphatic heterocycles. The number of aromatic nitrogens is 2. The lowest BCUT2D eigenvalue weighted by Gasteiger charge is -2.24. The Morgan fingerprint density at radius 1 is 1.09 bits per heavy atom. The van der Waals surface area contributed by atoms with Crippen molar-refractivity contribution in [1.29, 1.82) is 0 Å². The highest BCUT2D eigenvalue weighted by Crippen LogP contribution is 2.33. The van der Waals surface area contributed by atoms with Gasteiger partial charge in [-0.3, -0.25) is 4.98 Å². The van der Waals surface area contributed by atoms with E-state index in [1.54, 1.807) is 12.4 Å². The molecule has 0 unspecified atom stereocenters. The molecule has 0 bridgehead atoms. The van der Waals surface area contributed by atoms with Crippen molar-refractivity contribution < 1.29 is 12.8 Å². The summed E-state index contributed by atoms with van der Waals surface area (Å²) in [7, 11) is -3.31. The van der Waals surface area contributed by atoms with Crippen molar-refractivity contribution >= 4 is 43.3 Å². The maximum atomic E-state index is 11.6. The van der Waals surface area contributed by atoms with Crippen molar-refractivity contribution in [3.05, 3.63) is 77.9 Å². The standard InChI is InChI=1S/C26H25N5O3S/c1-4-31(16-28-35(3,32)33)19-12-17(2)25-23(13-19)34-24-14-22(29-18-8-7-11-27-15-18)20-9-5-6-10-21(20)26(24)30-25/h5-15,28H,4,16H2,1-3H3. The third kappa shape index (κ3) is 4.73. The molecule has 2 heterocycles. The second-order valence-electron chi connectivity index (χ2n) is 8.37. The van der Waals surface area contributed by atoms with Crippen LogP contribution < -0.4 is 15.0 Å². The van der Waals surface area contributed by atoms with Crippen LogP contribution in [0.3, 0.4) is 0 Å².